The van der Waals surface area contributed by atoms with Gasteiger partial charge in [-0.15, -0.1) is 0 Å². The van der Waals surface area contributed by atoms with Crippen molar-refractivity contribution >= 4 is 15.9 Å². The van der Waals surface area contributed by atoms with E-state index in [0.717, 1.165) is 10.2 Å². The van der Waals surface area contributed by atoms with Crippen LogP contribution in [0.3, 0.4) is 0 Å². The molecule has 0 aromatic heterocycles. The van der Waals surface area contributed by atoms with E-state index in [2.05, 4.69) is 61.0 Å². The summed E-state index contributed by atoms with van der Waals surface area (Å²) in [5, 5.41) is 0. The SMILES string of the molecule is CC(C)(C)c1ccc(OCc2ccccc2)c(Br)c1. The van der Waals surface area contributed by atoms with Crippen molar-refractivity contribution in [3.8, 4) is 5.75 Å². The molecule has 0 spiro atoms. The zero-order valence-electron chi connectivity index (χ0n) is 11.6. The Kier molecular flexibility index (Phi) is 4.31. The van der Waals surface area contributed by atoms with Gasteiger partial charge in [-0.25, -0.2) is 0 Å². The fraction of sp³-hybridized carbons (Fsp3) is 0.294. The van der Waals surface area contributed by atoms with Gasteiger partial charge in [0.1, 0.15) is 12.4 Å². The van der Waals surface area contributed by atoms with Crippen molar-refractivity contribution in [2.75, 3.05) is 0 Å². The highest BCUT2D eigenvalue weighted by Gasteiger charge is 2.15. The summed E-state index contributed by atoms with van der Waals surface area (Å²) in [6.07, 6.45) is 0. The summed E-state index contributed by atoms with van der Waals surface area (Å²) in [5.41, 5.74) is 2.63. The molecule has 19 heavy (non-hydrogen) atoms. The molecule has 0 unspecified atom stereocenters. The molecule has 2 rings (SSSR count). The van der Waals surface area contributed by atoms with Crippen LogP contribution in [0.5, 0.6) is 5.75 Å². The van der Waals surface area contributed by atoms with Crippen LogP contribution in [0.15, 0.2) is 53.0 Å². The van der Waals surface area contributed by atoms with Crippen LogP contribution >= 0.6 is 15.9 Å². The van der Waals surface area contributed by atoms with Crippen LogP contribution < -0.4 is 4.74 Å². The lowest BCUT2D eigenvalue weighted by Crippen LogP contribution is -2.10. The van der Waals surface area contributed by atoms with Gasteiger partial charge in [0.15, 0.2) is 0 Å². The molecule has 2 aromatic carbocycles. The van der Waals surface area contributed by atoms with Crippen molar-refractivity contribution in [1.29, 1.82) is 0 Å². The molecule has 0 heterocycles. The molecule has 0 aliphatic rings. The molecular weight excluding hydrogens is 300 g/mol. The van der Waals surface area contributed by atoms with Gasteiger partial charge < -0.3 is 4.74 Å². The highest BCUT2D eigenvalue weighted by atomic mass is 79.9. The van der Waals surface area contributed by atoms with Crippen LogP contribution in [0.4, 0.5) is 0 Å². The van der Waals surface area contributed by atoms with E-state index in [0.29, 0.717) is 6.61 Å². The van der Waals surface area contributed by atoms with Gasteiger partial charge in [0.25, 0.3) is 0 Å². The Labute approximate surface area is 123 Å². The molecule has 0 aliphatic heterocycles. The molecule has 0 aliphatic carbocycles. The minimum absolute atomic E-state index is 0.153. The van der Waals surface area contributed by atoms with Gasteiger partial charge in [-0.2, -0.15) is 0 Å². The number of hydrogen-bond acceptors (Lipinski definition) is 1. The average molecular weight is 319 g/mol. The van der Waals surface area contributed by atoms with Crippen LogP contribution in [0.1, 0.15) is 31.9 Å². The van der Waals surface area contributed by atoms with E-state index >= 15 is 0 Å². The van der Waals surface area contributed by atoms with E-state index in [1.54, 1.807) is 0 Å². The summed E-state index contributed by atoms with van der Waals surface area (Å²) in [7, 11) is 0. The van der Waals surface area contributed by atoms with Crippen LogP contribution in [-0.4, -0.2) is 0 Å². The van der Waals surface area contributed by atoms with Gasteiger partial charge in [-0.1, -0.05) is 57.2 Å². The Morgan fingerprint density at radius 1 is 1.00 bits per heavy atom. The fourth-order valence-electron chi connectivity index (χ4n) is 1.82. The predicted molar refractivity (Wildman–Crippen MR) is 83.6 cm³/mol. The monoisotopic (exact) mass is 318 g/mol. The number of hydrogen-bond donors (Lipinski definition) is 0. The van der Waals surface area contributed by atoms with Crippen molar-refractivity contribution in [1.82, 2.24) is 0 Å². The van der Waals surface area contributed by atoms with E-state index in [4.69, 9.17) is 4.74 Å². The molecular formula is C17H19BrO. The highest BCUT2D eigenvalue weighted by molar-refractivity contribution is 9.10. The quantitative estimate of drug-likeness (QED) is 0.743. The van der Waals surface area contributed by atoms with E-state index in [1.807, 2.05) is 24.3 Å². The minimum Gasteiger partial charge on any atom is -0.488 e. The van der Waals surface area contributed by atoms with Crippen molar-refractivity contribution in [2.24, 2.45) is 0 Å². The lowest BCUT2D eigenvalue weighted by Gasteiger charge is -2.20. The summed E-state index contributed by atoms with van der Waals surface area (Å²) in [5.74, 6) is 0.886. The molecule has 2 heteroatoms. The second-order valence-electron chi connectivity index (χ2n) is 5.67. The maximum atomic E-state index is 5.84. The first kappa shape index (κ1) is 14.1. The normalized spacial score (nSPS) is 11.4. The van der Waals surface area contributed by atoms with Crippen molar-refractivity contribution in [2.45, 2.75) is 32.8 Å². The van der Waals surface area contributed by atoms with Crippen LogP contribution in [0.25, 0.3) is 0 Å². The molecule has 2 aromatic rings. The fourth-order valence-corrected chi connectivity index (χ4v) is 2.31. The Balaban J connectivity index is 2.10. The third-order valence-corrected chi connectivity index (χ3v) is 3.65. The van der Waals surface area contributed by atoms with E-state index in [1.165, 1.54) is 11.1 Å². The molecule has 0 N–H and O–H groups in total. The second kappa shape index (κ2) is 5.79. The summed E-state index contributed by atoms with van der Waals surface area (Å²) in [4.78, 5) is 0. The Morgan fingerprint density at radius 2 is 1.68 bits per heavy atom. The Bertz CT molecular complexity index is 541. The molecule has 0 bridgehead atoms. The van der Waals surface area contributed by atoms with Gasteiger partial charge in [-0.05, 0) is 44.6 Å². The highest BCUT2D eigenvalue weighted by Crippen LogP contribution is 2.31. The standard InChI is InChI=1S/C17H19BrO/c1-17(2,3)14-9-10-16(15(18)11-14)19-12-13-7-5-4-6-8-13/h4-11H,12H2,1-3H3. The molecule has 0 radical (unpaired) electrons. The zero-order valence-corrected chi connectivity index (χ0v) is 13.2. The van der Waals surface area contributed by atoms with E-state index in [9.17, 15) is 0 Å². The van der Waals surface area contributed by atoms with E-state index < -0.39 is 0 Å². The smallest absolute Gasteiger partial charge is 0.134 e. The van der Waals surface area contributed by atoms with Gasteiger partial charge in [-0.3, -0.25) is 0 Å². The van der Waals surface area contributed by atoms with Gasteiger partial charge in [0.2, 0.25) is 0 Å². The first-order valence-electron chi connectivity index (χ1n) is 6.43. The molecule has 0 saturated carbocycles. The van der Waals surface area contributed by atoms with E-state index in [-0.39, 0.29) is 5.41 Å². The maximum absolute atomic E-state index is 5.84. The molecule has 0 fully saturated rings. The topological polar surface area (TPSA) is 9.23 Å². The summed E-state index contributed by atoms with van der Waals surface area (Å²) in [6.45, 7) is 7.21. The summed E-state index contributed by atoms with van der Waals surface area (Å²) in [6, 6.07) is 16.5. The van der Waals surface area contributed by atoms with Crippen molar-refractivity contribution < 1.29 is 4.74 Å². The second-order valence-corrected chi connectivity index (χ2v) is 6.52. The molecule has 0 atom stereocenters. The third-order valence-electron chi connectivity index (χ3n) is 3.04. The average Bonchev–Trinajstić information content (AvgIpc) is 2.37. The number of benzene rings is 2. The van der Waals surface area contributed by atoms with Crippen molar-refractivity contribution in [3.05, 3.63) is 64.1 Å². The molecule has 1 nitrogen and oxygen atoms in total. The van der Waals surface area contributed by atoms with Gasteiger partial charge >= 0.3 is 0 Å². The lowest BCUT2D eigenvalue weighted by atomic mass is 9.87. The number of ether oxygens (including phenoxy) is 1. The Hall–Kier alpha value is -1.28. The van der Waals surface area contributed by atoms with Gasteiger partial charge in [0.05, 0.1) is 4.47 Å². The first-order valence-corrected chi connectivity index (χ1v) is 7.23. The lowest BCUT2D eigenvalue weighted by molar-refractivity contribution is 0.304. The first-order chi connectivity index (χ1) is 8.97. The molecule has 0 amide bonds. The maximum Gasteiger partial charge on any atom is 0.134 e. The third kappa shape index (κ3) is 3.84. The zero-order chi connectivity index (χ0) is 13.9. The van der Waals surface area contributed by atoms with Gasteiger partial charge in [0, 0.05) is 0 Å². The van der Waals surface area contributed by atoms with Crippen LogP contribution in [-0.2, 0) is 12.0 Å². The number of rotatable bonds is 3. The molecule has 0 saturated heterocycles. The van der Waals surface area contributed by atoms with Crippen LogP contribution in [0.2, 0.25) is 0 Å². The Morgan fingerprint density at radius 3 is 2.26 bits per heavy atom. The largest absolute Gasteiger partial charge is 0.488 e. The predicted octanol–water partition coefficient (Wildman–Crippen LogP) is 5.33. The minimum atomic E-state index is 0.153. The number of halogens is 1. The summed E-state index contributed by atoms with van der Waals surface area (Å²) >= 11 is 3.59. The molecule has 100 valence electrons. The van der Waals surface area contributed by atoms with Crippen LogP contribution in [0, 0.1) is 0 Å². The summed E-state index contributed by atoms with van der Waals surface area (Å²) < 4.78 is 6.85. The van der Waals surface area contributed by atoms with Crippen molar-refractivity contribution in [3.63, 3.8) is 0 Å².